The average Bonchev–Trinajstić information content (AvgIpc) is 2.24. The van der Waals surface area contributed by atoms with Crippen molar-refractivity contribution in [1.82, 2.24) is 0 Å². The minimum atomic E-state index is -4.37. The molecule has 0 radical (unpaired) electrons. The molecule has 1 rings (SSSR count). The summed E-state index contributed by atoms with van der Waals surface area (Å²) in [5, 5.41) is 8.32. The number of thioether (sulfide) groups is 1. The number of hydrogen-bond donors (Lipinski definition) is 1. The number of carboxylic acids is 1. The predicted octanol–water partition coefficient (Wildman–Crippen LogP) is 3.91. The summed E-state index contributed by atoms with van der Waals surface area (Å²) in [6.45, 7) is 3.52. The van der Waals surface area contributed by atoms with Crippen LogP contribution in [0.1, 0.15) is 19.4 Å². The molecule has 1 atom stereocenters. The Balaban J connectivity index is 2.83. The minimum absolute atomic E-state index is 0.102. The Morgan fingerprint density at radius 2 is 1.72 bits per heavy atom. The summed E-state index contributed by atoms with van der Waals surface area (Å²) in [6, 6.07) is 4.51. The number of hydrogen-bond acceptors (Lipinski definition) is 2. The number of halogens is 3. The van der Waals surface area contributed by atoms with Gasteiger partial charge < -0.3 is 5.11 Å². The second-order valence-electron chi connectivity index (χ2n) is 4.14. The summed E-state index contributed by atoms with van der Waals surface area (Å²) < 4.78 is 37.0. The van der Waals surface area contributed by atoms with Crippen molar-refractivity contribution in [2.45, 2.75) is 30.2 Å². The van der Waals surface area contributed by atoms with Gasteiger partial charge in [0.25, 0.3) is 0 Å². The van der Waals surface area contributed by atoms with Gasteiger partial charge >= 0.3 is 12.1 Å². The highest BCUT2D eigenvalue weighted by Gasteiger charge is 2.30. The van der Waals surface area contributed by atoms with Crippen molar-refractivity contribution in [2.24, 2.45) is 5.92 Å². The number of carboxylic acid groups (broad SMARTS) is 1. The fourth-order valence-electron chi connectivity index (χ4n) is 1.34. The maximum atomic E-state index is 12.3. The molecule has 18 heavy (non-hydrogen) atoms. The van der Waals surface area contributed by atoms with Gasteiger partial charge in [0.1, 0.15) is 5.25 Å². The second kappa shape index (κ2) is 5.65. The lowest BCUT2D eigenvalue weighted by Crippen LogP contribution is -2.22. The second-order valence-corrected chi connectivity index (χ2v) is 5.36. The van der Waals surface area contributed by atoms with Gasteiger partial charge in [-0.25, -0.2) is 0 Å². The van der Waals surface area contributed by atoms with Crippen LogP contribution in [-0.2, 0) is 11.0 Å². The van der Waals surface area contributed by atoms with Crippen molar-refractivity contribution >= 4 is 17.7 Å². The van der Waals surface area contributed by atoms with Crippen LogP contribution in [-0.4, -0.2) is 16.3 Å². The third-order valence-electron chi connectivity index (χ3n) is 2.29. The van der Waals surface area contributed by atoms with E-state index in [9.17, 15) is 18.0 Å². The van der Waals surface area contributed by atoms with Crippen LogP contribution in [0.2, 0.25) is 0 Å². The topological polar surface area (TPSA) is 37.3 Å². The number of benzene rings is 1. The normalized spacial score (nSPS) is 13.7. The largest absolute Gasteiger partial charge is 0.480 e. The van der Waals surface area contributed by atoms with E-state index < -0.39 is 23.0 Å². The van der Waals surface area contributed by atoms with Gasteiger partial charge in [-0.1, -0.05) is 13.8 Å². The number of aliphatic carboxylic acids is 1. The summed E-state index contributed by atoms with van der Waals surface area (Å²) in [7, 11) is 0. The summed E-state index contributed by atoms with van der Waals surface area (Å²) in [5.74, 6) is -1.07. The molecule has 1 aromatic rings. The van der Waals surface area contributed by atoms with Crippen molar-refractivity contribution in [3.05, 3.63) is 29.8 Å². The molecule has 0 aliphatic carbocycles. The standard InChI is InChI=1S/C12H13F3O2S/c1-7(2)10(11(16)17)18-9-5-3-8(4-6-9)12(13,14)15/h3-7,10H,1-2H3,(H,16,17). The van der Waals surface area contributed by atoms with Crippen molar-refractivity contribution < 1.29 is 23.1 Å². The third kappa shape index (κ3) is 3.94. The maximum Gasteiger partial charge on any atom is 0.416 e. The van der Waals surface area contributed by atoms with E-state index in [4.69, 9.17) is 5.11 Å². The van der Waals surface area contributed by atoms with Crippen molar-refractivity contribution in [3.63, 3.8) is 0 Å². The first-order valence-corrected chi connectivity index (χ1v) is 6.16. The third-order valence-corrected chi connectivity index (χ3v) is 3.84. The molecule has 2 nitrogen and oxygen atoms in total. The molecule has 0 amide bonds. The molecule has 1 unspecified atom stereocenters. The van der Waals surface area contributed by atoms with E-state index in [0.29, 0.717) is 4.90 Å². The molecule has 0 bridgehead atoms. The van der Waals surface area contributed by atoms with Gasteiger partial charge in [0, 0.05) is 4.90 Å². The average molecular weight is 278 g/mol. The van der Waals surface area contributed by atoms with Gasteiger partial charge in [0.05, 0.1) is 5.56 Å². The molecule has 0 aliphatic heterocycles. The molecular weight excluding hydrogens is 265 g/mol. The van der Waals surface area contributed by atoms with Gasteiger partial charge in [-0.2, -0.15) is 13.2 Å². The van der Waals surface area contributed by atoms with Crippen LogP contribution in [0, 0.1) is 5.92 Å². The zero-order chi connectivity index (χ0) is 13.9. The highest BCUT2D eigenvalue weighted by Crippen LogP contribution is 2.33. The van der Waals surface area contributed by atoms with E-state index in [1.807, 2.05) is 0 Å². The number of rotatable bonds is 4. The Kier molecular flexibility index (Phi) is 4.67. The van der Waals surface area contributed by atoms with Crippen LogP contribution in [0.3, 0.4) is 0 Å². The van der Waals surface area contributed by atoms with Crippen molar-refractivity contribution in [1.29, 1.82) is 0 Å². The molecule has 0 aromatic heterocycles. The Hall–Kier alpha value is -1.17. The van der Waals surface area contributed by atoms with Crippen LogP contribution in [0.25, 0.3) is 0 Å². The zero-order valence-corrected chi connectivity index (χ0v) is 10.7. The van der Waals surface area contributed by atoms with E-state index in [1.165, 1.54) is 12.1 Å². The summed E-state index contributed by atoms with van der Waals surface area (Å²) >= 11 is 1.06. The first-order valence-electron chi connectivity index (χ1n) is 5.28. The van der Waals surface area contributed by atoms with E-state index >= 15 is 0 Å². The Morgan fingerprint density at radius 1 is 1.22 bits per heavy atom. The highest BCUT2D eigenvalue weighted by molar-refractivity contribution is 8.00. The smallest absolute Gasteiger partial charge is 0.416 e. The van der Waals surface area contributed by atoms with Crippen LogP contribution in [0.4, 0.5) is 13.2 Å². The van der Waals surface area contributed by atoms with E-state index in [1.54, 1.807) is 13.8 Å². The lowest BCUT2D eigenvalue weighted by molar-refractivity contribution is -0.138. The molecule has 0 saturated carbocycles. The lowest BCUT2D eigenvalue weighted by atomic mass is 10.1. The molecular formula is C12H13F3O2S. The van der Waals surface area contributed by atoms with Gasteiger partial charge in [0.15, 0.2) is 0 Å². The molecule has 0 saturated heterocycles. The molecule has 0 heterocycles. The summed E-state index contributed by atoms with van der Waals surface area (Å²) in [5.41, 5.74) is -0.733. The molecule has 1 N–H and O–H groups in total. The molecule has 0 aliphatic rings. The van der Waals surface area contributed by atoms with E-state index in [-0.39, 0.29) is 5.92 Å². The Bertz CT molecular complexity index is 412. The fourth-order valence-corrected chi connectivity index (χ4v) is 2.30. The van der Waals surface area contributed by atoms with Crippen LogP contribution >= 0.6 is 11.8 Å². The monoisotopic (exact) mass is 278 g/mol. The van der Waals surface area contributed by atoms with E-state index in [0.717, 1.165) is 23.9 Å². The number of carbonyl (C=O) groups is 1. The SMILES string of the molecule is CC(C)C(Sc1ccc(C(F)(F)F)cc1)C(=O)O. The lowest BCUT2D eigenvalue weighted by Gasteiger charge is -2.16. The zero-order valence-electron chi connectivity index (χ0n) is 9.86. The van der Waals surface area contributed by atoms with Gasteiger partial charge in [-0.15, -0.1) is 11.8 Å². The van der Waals surface area contributed by atoms with Crippen LogP contribution in [0.15, 0.2) is 29.2 Å². The van der Waals surface area contributed by atoms with Gasteiger partial charge in [0.2, 0.25) is 0 Å². The number of alkyl halides is 3. The summed E-state index contributed by atoms with van der Waals surface area (Å²) in [6.07, 6.45) is -4.37. The molecule has 1 aromatic carbocycles. The molecule has 0 fully saturated rings. The first kappa shape index (κ1) is 14.9. The highest BCUT2D eigenvalue weighted by atomic mass is 32.2. The van der Waals surface area contributed by atoms with Crippen LogP contribution < -0.4 is 0 Å². The first-order chi connectivity index (χ1) is 8.21. The predicted molar refractivity (Wildman–Crippen MR) is 63.6 cm³/mol. The van der Waals surface area contributed by atoms with E-state index in [2.05, 4.69) is 0 Å². The Morgan fingerprint density at radius 3 is 2.06 bits per heavy atom. The fraction of sp³-hybridized carbons (Fsp3) is 0.417. The quantitative estimate of drug-likeness (QED) is 0.848. The van der Waals surface area contributed by atoms with Crippen molar-refractivity contribution in [2.75, 3.05) is 0 Å². The van der Waals surface area contributed by atoms with Gasteiger partial charge in [-0.3, -0.25) is 4.79 Å². The summed E-state index contributed by atoms with van der Waals surface area (Å²) in [4.78, 5) is 11.5. The minimum Gasteiger partial charge on any atom is -0.480 e. The molecule has 0 spiro atoms. The van der Waals surface area contributed by atoms with Crippen LogP contribution in [0.5, 0.6) is 0 Å². The van der Waals surface area contributed by atoms with Gasteiger partial charge in [-0.05, 0) is 30.2 Å². The molecule has 100 valence electrons. The molecule has 6 heteroatoms. The van der Waals surface area contributed by atoms with Crippen molar-refractivity contribution in [3.8, 4) is 0 Å². The maximum absolute atomic E-state index is 12.3. The Labute approximate surface area is 107 Å².